The highest BCUT2D eigenvalue weighted by atomic mass is 16.4. The Balaban J connectivity index is 2.23. The summed E-state index contributed by atoms with van der Waals surface area (Å²) in [6.45, 7) is 5.72. The van der Waals surface area contributed by atoms with Gasteiger partial charge in [-0.25, -0.2) is 0 Å². The van der Waals surface area contributed by atoms with E-state index in [0.717, 1.165) is 26.1 Å². The number of carbonyl (C=O) groups is 1. The maximum absolute atomic E-state index is 10.5. The molecule has 5 heteroatoms. The quantitative estimate of drug-likeness (QED) is 0.575. The number of nitrogens with two attached hydrogens (primary N) is 1. The van der Waals surface area contributed by atoms with Crippen LogP contribution < -0.4 is 11.1 Å². The Morgan fingerprint density at radius 2 is 2.47 bits per heavy atom. The van der Waals surface area contributed by atoms with Crippen LogP contribution in [-0.4, -0.2) is 54.2 Å². The molecule has 2 unspecified atom stereocenters. The number of likely N-dealkylation sites (tertiary alicyclic amines) is 1. The first kappa shape index (κ1) is 12.4. The van der Waals surface area contributed by atoms with Crippen LogP contribution in [0.3, 0.4) is 0 Å². The van der Waals surface area contributed by atoms with Crippen molar-refractivity contribution in [1.82, 2.24) is 10.2 Å². The molecule has 0 bridgehead atoms. The second-order valence-corrected chi connectivity index (χ2v) is 4.09. The van der Waals surface area contributed by atoms with E-state index in [1.165, 1.54) is 6.42 Å². The van der Waals surface area contributed by atoms with Gasteiger partial charge in [0.05, 0.1) is 0 Å². The molecule has 0 saturated carbocycles. The second kappa shape index (κ2) is 6.05. The minimum Gasteiger partial charge on any atom is -0.480 e. The molecule has 1 aliphatic rings. The van der Waals surface area contributed by atoms with Crippen molar-refractivity contribution in [3.63, 3.8) is 0 Å². The van der Waals surface area contributed by atoms with Gasteiger partial charge in [-0.3, -0.25) is 4.79 Å². The summed E-state index contributed by atoms with van der Waals surface area (Å²) in [5.41, 5.74) is 5.43. The fraction of sp³-hybridized carbons (Fsp3) is 0.900. The molecule has 0 aliphatic carbocycles. The van der Waals surface area contributed by atoms with Crippen LogP contribution in [0, 0.1) is 0 Å². The lowest BCUT2D eigenvalue weighted by molar-refractivity contribution is -0.138. The fourth-order valence-corrected chi connectivity index (χ4v) is 1.89. The highest BCUT2D eigenvalue weighted by Gasteiger charge is 2.20. The molecule has 0 spiro atoms. The van der Waals surface area contributed by atoms with Crippen molar-refractivity contribution in [3.8, 4) is 0 Å². The van der Waals surface area contributed by atoms with E-state index in [0.29, 0.717) is 12.6 Å². The first-order valence-electron chi connectivity index (χ1n) is 5.57. The highest BCUT2D eigenvalue weighted by molar-refractivity contribution is 5.73. The zero-order valence-electron chi connectivity index (χ0n) is 9.28. The van der Waals surface area contributed by atoms with Gasteiger partial charge in [0.2, 0.25) is 0 Å². The van der Waals surface area contributed by atoms with Crippen molar-refractivity contribution in [3.05, 3.63) is 0 Å². The van der Waals surface area contributed by atoms with Gasteiger partial charge >= 0.3 is 5.97 Å². The number of carboxylic acids is 1. The summed E-state index contributed by atoms with van der Waals surface area (Å²) in [7, 11) is 0. The van der Waals surface area contributed by atoms with Crippen LogP contribution in [0.4, 0.5) is 0 Å². The summed E-state index contributed by atoms with van der Waals surface area (Å²) >= 11 is 0. The van der Waals surface area contributed by atoms with Crippen LogP contribution in [0.2, 0.25) is 0 Å². The lowest BCUT2D eigenvalue weighted by Gasteiger charge is -2.32. The van der Waals surface area contributed by atoms with Crippen molar-refractivity contribution in [2.75, 3.05) is 26.2 Å². The number of hydrogen-bond donors (Lipinski definition) is 3. The molecule has 1 fully saturated rings. The van der Waals surface area contributed by atoms with Crippen LogP contribution in [0.1, 0.15) is 19.8 Å². The predicted octanol–water partition coefficient (Wildman–Crippen LogP) is -0.528. The molecule has 1 rings (SSSR count). The predicted molar refractivity (Wildman–Crippen MR) is 58.7 cm³/mol. The first-order valence-corrected chi connectivity index (χ1v) is 5.57. The monoisotopic (exact) mass is 215 g/mol. The van der Waals surface area contributed by atoms with E-state index in [9.17, 15) is 4.79 Å². The van der Waals surface area contributed by atoms with E-state index in [2.05, 4.69) is 17.1 Å². The second-order valence-electron chi connectivity index (χ2n) is 4.09. The van der Waals surface area contributed by atoms with E-state index in [-0.39, 0.29) is 0 Å². The Morgan fingerprint density at radius 3 is 3.07 bits per heavy atom. The van der Waals surface area contributed by atoms with Crippen LogP contribution in [0.5, 0.6) is 0 Å². The Kier molecular flexibility index (Phi) is 5.01. The SMILES string of the molecule is CCN1CCCC(NCC(N)C(=O)O)C1. The number of aliphatic carboxylic acids is 1. The normalized spacial score (nSPS) is 25.1. The molecule has 1 heterocycles. The van der Waals surface area contributed by atoms with Gasteiger partial charge in [-0.2, -0.15) is 0 Å². The average molecular weight is 215 g/mol. The van der Waals surface area contributed by atoms with Crippen LogP contribution >= 0.6 is 0 Å². The van der Waals surface area contributed by atoms with Crippen molar-refractivity contribution in [2.24, 2.45) is 5.73 Å². The van der Waals surface area contributed by atoms with Crippen molar-refractivity contribution in [1.29, 1.82) is 0 Å². The van der Waals surface area contributed by atoms with Gasteiger partial charge < -0.3 is 21.1 Å². The van der Waals surface area contributed by atoms with Crippen LogP contribution in [0.25, 0.3) is 0 Å². The molecule has 2 atom stereocenters. The first-order chi connectivity index (χ1) is 7.13. The average Bonchev–Trinajstić information content (AvgIpc) is 2.26. The van der Waals surface area contributed by atoms with Crippen LogP contribution in [0.15, 0.2) is 0 Å². The van der Waals surface area contributed by atoms with Crippen LogP contribution in [-0.2, 0) is 4.79 Å². The topological polar surface area (TPSA) is 78.6 Å². The number of nitrogens with zero attached hydrogens (tertiary/aromatic N) is 1. The summed E-state index contributed by atoms with van der Waals surface area (Å²) < 4.78 is 0. The molecule has 0 radical (unpaired) electrons. The molecule has 15 heavy (non-hydrogen) atoms. The maximum Gasteiger partial charge on any atom is 0.321 e. The molecule has 0 aromatic heterocycles. The summed E-state index contributed by atoms with van der Waals surface area (Å²) in [6.07, 6.45) is 2.29. The summed E-state index contributed by atoms with van der Waals surface area (Å²) in [4.78, 5) is 12.9. The lowest BCUT2D eigenvalue weighted by atomic mass is 10.1. The largest absolute Gasteiger partial charge is 0.480 e. The molecule has 4 N–H and O–H groups in total. The number of piperidine rings is 1. The zero-order chi connectivity index (χ0) is 11.3. The number of rotatable bonds is 5. The number of carboxylic acid groups (broad SMARTS) is 1. The standard InChI is InChI=1S/C10H21N3O2/c1-2-13-5-3-4-8(7-13)12-6-9(11)10(14)15/h8-9,12H,2-7,11H2,1H3,(H,14,15). The van der Waals surface area contributed by atoms with Gasteiger partial charge in [0.15, 0.2) is 0 Å². The van der Waals surface area contributed by atoms with E-state index in [1.807, 2.05) is 0 Å². The third-order valence-corrected chi connectivity index (χ3v) is 2.90. The molecule has 0 aromatic rings. The minimum absolute atomic E-state index is 0.359. The molecule has 5 nitrogen and oxygen atoms in total. The van der Waals surface area contributed by atoms with E-state index in [4.69, 9.17) is 10.8 Å². The number of likely N-dealkylation sites (N-methyl/N-ethyl adjacent to an activating group) is 1. The molecule has 0 amide bonds. The summed E-state index contributed by atoms with van der Waals surface area (Å²) in [6, 6.07) is -0.397. The molecule has 1 aliphatic heterocycles. The Morgan fingerprint density at radius 1 is 1.73 bits per heavy atom. The van der Waals surface area contributed by atoms with Gasteiger partial charge in [-0.1, -0.05) is 6.92 Å². The third-order valence-electron chi connectivity index (χ3n) is 2.90. The maximum atomic E-state index is 10.5. The van der Waals surface area contributed by atoms with Crippen molar-refractivity contribution in [2.45, 2.75) is 31.8 Å². The lowest BCUT2D eigenvalue weighted by Crippen LogP contribution is -2.50. The minimum atomic E-state index is -0.939. The Hall–Kier alpha value is -0.650. The van der Waals surface area contributed by atoms with Gasteiger partial charge in [0.1, 0.15) is 6.04 Å². The summed E-state index contributed by atoms with van der Waals surface area (Å²) in [5, 5.41) is 11.9. The summed E-state index contributed by atoms with van der Waals surface area (Å²) in [5.74, 6) is -0.939. The van der Waals surface area contributed by atoms with E-state index >= 15 is 0 Å². The third kappa shape index (κ3) is 4.15. The fourth-order valence-electron chi connectivity index (χ4n) is 1.89. The van der Waals surface area contributed by atoms with Crippen molar-refractivity contribution < 1.29 is 9.90 Å². The van der Waals surface area contributed by atoms with Gasteiger partial charge in [0.25, 0.3) is 0 Å². The van der Waals surface area contributed by atoms with Gasteiger partial charge in [0, 0.05) is 19.1 Å². The van der Waals surface area contributed by atoms with E-state index in [1.54, 1.807) is 0 Å². The molecular weight excluding hydrogens is 194 g/mol. The zero-order valence-corrected chi connectivity index (χ0v) is 9.28. The smallest absolute Gasteiger partial charge is 0.321 e. The molecule has 88 valence electrons. The molecule has 1 saturated heterocycles. The number of nitrogens with one attached hydrogen (secondary N) is 1. The Labute approximate surface area is 90.6 Å². The molecular formula is C10H21N3O2. The highest BCUT2D eigenvalue weighted by Crippen LogP contribution is 2.09. The number of hydrogen-bond acceptors (Lipinski definition) is 4. The van der Waals surface area contributed by atoms with Gasteiger partial charge in [-0.15, -0.1) is 0 Å². The van der Waals surface area contributed by atoms with Crippen molar-refractivity contribution >= 4 is 5.97 Å². The molecule has 0 aromatic carbocycles. The Bertz CT molecular complexity index is 211. The van der Waals surface area contributed by atoms with Gasteiger partial charge in [-0.05, 0) is 25.9 Å². The van der Waals surface area contributed by atoms with E-state index < -0.39 is 12.0 Å².